The van der Waals surface area contributed by atoms with Gasteiger partial charge in [0.2, 0.25) is 0 Å². The molecule has 18 heavy (non-hydrogen) atoms. The lowest BCUT2D eigenvalue weighted by molar-refractivity contribution is -0.321. The fourth-order valence-electron chi connectivity index (χ4n) is 1.27. The molecule has 0 spiro atoms. The summed E-state index contributed by atoms with van der Waals surface area (Å²) >= 11 is 0. The molecule has 0 atom stereocenters. The Morgan fingerprint density at radius 3 is 2.61 bits per heavy atom. The van der Waals surface area contributed by atoms with Gasteiger partial charge in [0.25, 0.3) is 0 Å². The summed E-state index contributed by atoms with van der Waals surface area (Å²) in [4.78, 5) is 21.1. The summed E-state index contributed by atoms with van der Waals surface area (Å²) in [5.41, 5.74) is 0.362. The molecule has 0 N–H and O–H groups in total. The number of ether oxygens (including phenoxy) is 1. The van der Waals surface area contributed by atoms with Crippen LogP contribution < -0.4 is 0 Å². The quantitative estimate of drug-likeness (QED) is 0.256. The maximum atomic E-state index is 11.0. The SMILES string of the molecule is [CH2]COC(=O)C=COOC(C)(C)c1ccccc1. The molecular weight excluding hydrogens is 232 g/mol. The van der Waals surface area contributed by atoms with Crippen molar-refractivity contribution in [2.75, 3.05) is 6.61 Å². The van der Waals surface area contributed by atoms with E-state index < -0.39 is 11.6 Å². The standard InChI is InChI=1S/C14H17O4/c1-4-16-13(15)10-11-17-18-14(2,3)12-8-6-5-7-9-12/h5-11H,1,4H2,2-3H3. The van der Waals surface area contributed by atoms with Gasteiger partial charge in [-0.05, 0) is 26.3 Å². The van der Waals surface area contributed by atoms with Crippen molar-refractivity contribution in [3.63, 3.8) is 0 Å². The lowest BCUT2D eigenvalue weighted by Crippen LogP contribution is -2.20. The van der Waals surface area contributed by atoms with Crippen LogP contribution in [0.1, 0.15) is 19.4 Å². The zero-order valence-electron chi connectivity index (χ0n) is 10.6. The third-order valence-electron chi connectivity index (χ3n) is 2.23. The fraction of sp³-hybridized carbons (Fsp3) is 0.286. The third-order valence-corrected chi connectivity index (χ3v) is 2.23. The highest BCUT2D eigenvalue weighted by Crippen LogP contribution is 2.24. The third kappa shape index (κ3) is 4.59. The van der Waals surface area contributed by atoms with Crippen LogP contribution in [0.15, 0.2) is 42.7 Å². The van der Waals surface area contributed by atoms with E-state index in [0.29, 0.717) is 0 Å². The minimum absolute atomic E-state index is 0.0829. The Labute approximate surface area is 107 Å². The summed E-state index contributed by atoms with van der Waals surface area (Å²) in [5.74, 6) is -0.522. The summed E-state index contributed by atoms with van der Waals surface area (Å²) < 4.78 is 4.59. The predicted molar refractivity (Wildman–Crippen MR) is 67.1 cm³/mol. The smallest absolute Gasteiger partial charge is 0.334 e. The largest absolute Gasteiger partial charge is 0.462 e. The molecule has 0 amide bonds. The highest BCUT2D eigenvalue weighted by Gasteiger charge is 2.22. The second-order valence-electron chi connectivity index (χ2n) is 4.03. The molecule has 1 radical (unpaired) electrons. The molecule has 1 aromatic rings. The molecule has 0 fully saturated rings. The Hall–Kier alpha value is -1.81. The van der Waals surface area contributed by atoms with Gasteiger partial charge in [0.15, 0.2) is 0 Å². The van der Waals surface area contributed by atoms with Crippen molar-refractivity contribution in [3.8, 4) is 0 Å². The fourth-order valence-corrected chi connectivity index (χ4v) is 1.27. The summed E-state index contributed by atoms with van der Waals surface area (Å²) in [6, 6.07) is 9.63. The first-order valence-electron chi connectivity index (χ1n) is 5.59. The van der Waals surface area contributed by atoms with Gasteiger partial charge >= 0.3 is 5.97 Å². The van der Waals surface area contributed by atoms with Gasteiger partial charge < -0.3 is 9.62 Å². The van der Waals surface area contributed by atoms with Gasteiger partial charge in [-0.3, -0.25) is 0 Å². The summed E-state index contributed by atoms with van der Waals surface area (Å²) in [6.07, 6.45) is 2.27. The molecule has 0 aliphatic heterocycles. The van der Waals surface area contributed by atoms with Crippen LogP contribution in [-0.4, -0.2) is 12.6 Å². The summed E-state index contributed by atoms with van der Waals surface area (Å²) in [7, 11) is 0. The maximum Gasteiger partial charge on any atom is 0.334 e. The Bertz CT molecular complexity index is 396. The second-order valence-corrected chi connectivity index (χ2v) is 4.03. The van der Waals surface area contributed by atoms with E-state index in [2.05, 4.69) is 11.7 Å². The molecular formula is C14H17O4. The number of carbonyl (C=O) groups is 1. The van der Waals surface area contributed by atoms with Gasteiger partial charge in [-0.25, -0.2) is 4.79 Å². The lowest BCUT2D eigenvalue weighted by atomic mass is 9.99. The number of benzene rings is 1. The van der Waals surface area contributed by atoms with E-state index >= 15 is 0 Å². The van der Waals surface area contributed by atoms with Crippen LogP contribution in [0.2, 0.25) is 0 Å². The van der Waals surface area contributed by atoms with E-state index in [1.54, 1.807) is 0 Å². The lowest BCUT2D eigenvalue weighted by Gasteiger charge is -2.22. The van der Waals surface area contributed by atoms with E-state index in [9.17, 15) is 4.79 Å². The van der Waals surface area contributed by atoms with Crippen LogP contribution in [-0.2, 0) is 24.9 Å². The molecule has 1 rings (SSSR count). The molecule has 4 nitrogen and oxygen atoms in total. The first-order valence-corrected chi connectivity index (χ1v) is 5.59. The zero-order valence-corrected chi connectivity index (χ0v) is 10.6. The predicted octanol–water partition coefficient (Wildman–Crippen LogP) is 2.76. The Morgan fingerprint density at radius 2 is 2.00 bits per heavy atom. The van der Waals surface area contributed by atoms with Crippen molar-refractivity contribution in [1.82, 2.24) is 0 Å². The Morgan fingerprint density at radius 1 is 1.33 bits per heavy atom. The van der Waals surface area contributed by atoms with Crippen molar-refractivity contribution in [1.29, 1.82) is 0 Å². The van der Waals surface area contributed by atoms with E-state index in [-0.39, 0.29) is 6.61 Å². The van der Waals surface area contributed by atoms with E-state index in [0.717, 1.165) is 17.9 Å². The minimum atomic E-state index is -0.609. The number of hydrogen-bond acceptors (Lipinski definition) is 4. The van der Waals surface area contributed by atoms with Gasteiger partial charge in [0.05, 0.1) is 12.7 Å². The highest BCUT2D eigenvalue weighted by atomic mass is 17.2. The summed E-state index contributed by atoms with van der Waals surface area (Å²) in [6.45, 7) is 7.20. The number of esters is 1. The summed E-state index contributed by atoms with van der Waals surface area (Å²) in [5, 5.41) is 0. The van der Waals surface area contributed by atoms with Crippen LogP contribution in [0.3, 0.4) is 0 Å². The number of hydrogen-bond donors (Lipinski definition) is 0. The van der Waals surface area contributed by atoms with Gasteiger partial charge in [-0.15, -0.1) is 0 Å². The minimum Gasteiger partial charge on any atom is -0.462 e. The van der Waals surface area contributed by atoms with Crippen LogP contribution in [0.5, 0.6) is 0 Å². The molecule has 1 aromatic carbocycles. The average molecular weight is 249 g/mol. The molecule has 0 saturated carbocycles. The van der Waals surface area contributed by atoms with Crippen molar-refractivity contribution < 1.29 is 19.3 Å². The zero-order chi connectivity index (χ0) is 13.4. The van der Waals surface area contributed by atoms with Crippen molar-refractivity contribution in [2.45, 2.75) is 19.4 Å². The number of carbonyl (C=O) groups excluding carboxylic acids is 1. The Kier molecular flexibility index (Phi) is 5.39. The van der Waals surface area contributed by atoms with Crippen LogP contribution >= 0.6 is 0 Å². The van der Waals surface area contributed by atoms with Gasteiger partial charge in [-0.1, -0.05) is 30.3 Å². The maximum absolute atomic E-state index is 11.0. The van der Waals surface area contributed by atoms with E-state index in [1.807, 2.05) is 44.2 Å². The van der Waals surface area contributed by atoms with Crippen LogP contribution in [0.4, 0.5) is 0 Å². The first-order chi connectivity index (χ1) is 8.56. The monoisotopic (exact) mass is 249 g/mol. The Balaban J connectivity index is 2.45. The van der Waals surface area contributed by atoms with E-state index in [1.165, 1.54) is 0 Å². The van der Waals surface area contributed by atoms with Crippen molar-refractivity contribution in [3.05, 3.63) is 55.2 Å². The molecule has 0 aliphatic carbocycles. The van der Waals surface area contributed by atoms with Crippen molar-refractivity contribution in [2.24, 2.45) is 0 Å². The molecule has 0 aliphatic rings. The van der Waals surface area contributed by atoms with Crippen LogP contribution in [0.25, 0.3) is 0 Å². The molecule has 0 unspecified atom stereocenters. The average Bonchev–Trinajstić information content (AvgIpc) is 2.36. The molecule has 97 valence electrons. The molecule has 0 heterocycles. The molecule has 4 heteroatoms. The molecule has 0 aromatic heterocycles. The molecule has 0 bridgehead atoms. The topological polar surface area (TPSA) is 44.8 Å². The molecule has 0 saturated heterocycles. The normalized spacial score (nSPS) is 11.5. The van der Waals surface area contributed by atoms with Crippen LogP contribution in [0, 0.1) is 6.92 Å². The van der Waals surface area contributed by atoms with Crippen molar-refractivity contribution >= 4 is 5.97 Å². The van der Waals surface area contributed by atoms with Gasteiger partial charge in [0.1, 0.15) is 11.9 Å². The van der Waals surface area contributed by atoms with E-state index in [4.69, 9.17) is 9.78 Å². The first kappa shape index (κ1) is 14.3. The second kappa shape index (κ2) is 6.81. The van der Waals surface area contributed by atoms with Gasteiger partial charge in [0, 0.05) is 0 Å². The van der Waals surface area contributed by atoms with Gasteiger partial charge in [-0.2, -0.15) is 4.89 Å². The number of rotatable bonds is 6. The highest BCUT2D eigenvalue weighted by molar-refractivity contribution is 5.81.